The lowest BCUT2D eigenvalue weighted by Gasteiger charge is -2.13. The molecule has 3 nitrogen and oxygen atoms in total. The molecule has 0 saturated carbocycles. The summed E-state index contributed by atoms with van der Waals surface area (Å²) in [4.78, 5) is 0. The van der Waals surface area contributed by atoms with E-state index in [1.807, 2.05) is 6.07 Å². The number of nitriles is 1. The minimum atomic E-state index is -4.76. The van der Waals surface area contributed by atoms with E-state index in [0.29, 0.717) is 5.56 Å². The first-order valence-electron chi connectivity index (χ1n) is 4.88. The number of rotatable bonds is 4. The van der Waals surface area contributed by atoms with E-state index in [-0.39, 0.29) is 12.3 Å². The molecular weight excluding hydrogens is 245 g/mol. The van der Waals surface area contributed by atoms with E-state index in [0.717, 1.165) is 12.1 Å². The maximum atomic E-state index is 12.0. The molecule has 0 radical (unpaired) electrons. The van der Waals surface area contributed by atoms with Crippen molar-refractivity contribution in [2.24, 2.45) is 0 Å². The summed E-state index contributed by atoms with van der Waals surface area (Å²) in [5.74, 6) is 1.91. The van der Waals surface area contributed by atoms with Gasteiger partial charge in [-0.1, -0.05) is 18.1 Å². The fraction of sp³-hybridized carbons (Fsp3) is 0.250. The van der Waals surface area contributed by atoms with Gasteiger partial charge in [-0.05, 0) is 17.7 Å². The number of hydrogen-bond donors (Lipinski definition) is 1. The van der Waals surface area contributed by atoms with Gasteiger partial charge in [0.2, 0.25) is 0 Å². The Balaban J connectivity index is 2.87. The summed E-state index contributed by atoms with van der Waals surface area (Å²) in [6, 6.07) is 6.31. The molecule has 0 aromatic heterocycles. The Morgan fingerprint density at radius 1 is 1.44 bits per heavy atom. The normalized spacial score (nSPS) is 12.3. The van der Waals surface area contributed by atoms with E-state index in [4.69, 9.17) is 11.7 Å². The fourth-order valence-corrected chi connectivity index (χ4v) is 1.29. The molecule has 0 heterocycles. The number of halogens is 3. The largest absolute Gasteiger partial charge is 0.573 e. The van der Waals surface area contributed by atoms with Crippen molar-refractivity contribution in [3.8, 4) is 24.2 Å². The van der Waals surface area contributed by atoms with E-state index >= 15 is 0 Å². The zero-order valence-electron chi connectivity index (χ0n) is 9.16. The van der Waals surface area contributed by atoms with E-state index in [1.54, 1.807) is 0 Å². The standard InChI is InChI=1S/C12H9F3N2O/c1-2-6-17-11(8-16)9-4-3-5-10(7-9)18-12(13,14)15/h1,3-5,7,11,17H,6H2. The molecule has 1 N–H and O–H groups in total. The van der Waals surface area contributed by atoms with Crippen molar-refractivity contribution < 1.29 is 17.9 Å². The monoisotopic (exact) mass is 254 g/mol. The first-order valence-corrected chi connectivity index (χ1v) is 4.88. The van der Waals surface area contributed by atoms with Crippen LogP contribution in [0.25, 0.3) is 0 Å². The number of ether oxygens (including phenoxy) is 1. The minimum absolute atomic E-state index is 0.141. The highest BCUT2D eigenvalue weighted by atomic mass is 19.4. The van der Waals surface area contributed by atoms with Crippen LogP contribution in [0.5, 0.6) is 5.75 Å². The van der Waals surface area contributed by atoms with Gasteiger partial charge in [0, 0.05) is 0 Å². The molecule has 0 spiro atoms. The molecule has 1 rings (SSSR count). The predicted molar refractivity (Wildman–Crippen MR) is 58.3 cm³/mol. The zero-order valence-corrected chi connectivity index (χ0v) is 9.16. The molecular formula is C12H9F3N2O. The summed E-state index contributed by atoms with van der Waals surface area (Å²) in [5.41, 5.74) is 0.356. The highest BCUT2D eigenvalue weighted by molar-refractivity contribution is 5.33. The minimum Gasteiger partial charge on any atom is -0.406 e. The molecule has 18 heavy (non-hydrogen) atoms. The molecule has 0 aliphatic carbocycles. The van der Waals surface area contributed by atoms with Crippen molar-refractivity contribution in [1.29, 1.82) is 5.26 Å². The van der Waals surface area contributed by atoms with E-state index in [9.17, 15) is 13.2 Å². The highest BCUT2D eigenvalue weighted by Gasteiger charge is 2.31. The summed E-state index contributed by atoms with van der Waals surface area (Å²) >= 11 is 0. The Kier molecular flexibility index (Phi) is 4.59. The van der Waals surface area contributed by atoms with Gasteiger partial charge < -0.3 is 4.74 Å². The van der Waals surface area contributed by atoms with Gasteiger partial charge in [0.1, 0.15) is 11.8 Å². The van der Waals surface area contributed by atoms with Gasteiger partial charge in [0.25, 0.3) is 0 Å². The Bertz CT molecular complexity index is 485. The Labute approximate surface area is 102 Å². The van der Waals surface area contributed by atoms with Crippen molar-refractivity contribution in [1.82, 2.24) is 5.32 Å². The van der Waals surface area contributed by atoms with Crippen LogP contribution in [0.1, 0.15) is 11.6 Å². The molecule has 0 bridgehead atoms. The number of nitrogens with one attached hydrogen (secondary N) is 1. The second kappa shape index (κ2) is 5.95. The summed E-state index contributed by atoms with van der Waals surface area (Å²) in [7, 11) is 0. The molecule has 0 amide bonds. The molecule has 1 unspecified atom stereocenters. The Morgan fingerprint density at radius 3 is 2.72 bits per heavy atom. The van der Waals surface area contributed by atoms with Crippen molar-refractivity contribution in [2.45, 2.75) is 12.4 Å². The van der Waals surface area contributed by atoms with E-state index in [2.05, 4.69) is 16.0 Å². The molecule has 1 atom stereocenters. The van der Waals surface area contributed by atoms with Crippen LogP contribution >= 0.6 is 0 Å². The van der Waals surface area contributed by atoms with Crippen LogP contribution in [0, 0.1) is 23.7 Å². The second-order valence-electron chi connectivity index (χ2n) is 3.27. The Morgan fingerprint density at radius 2 is 2.17 bits per heavy atom. The summed E-state index contributed by atoms with van der Waals surface area (Å²) in [6.07, 6.45) is 0.270. The predicted octanol–water partition coefficient (Wildman–Crippen LogP) is 2.37. The summed E-state index contributed by atoms with van der Waals surface area (Å²) in [5, 5.41) is 11.6. The third-order valence-electron chi connectivity index (χ3n) is 1.96. The van der Waals surface area contributed by atoms with Crippen LogP contribution in [0.4, 0.5) is 13.2 Å². The summed E-state index contributed by atoms with van der Waals surface area (Å²) in [6.45, 7) is 0.141. The maximum absolute atomic E-state index is 12.0. The number of benzene rings is 1. The van der Waals surface area contributed by atoms with Gasteiger partial charge in [-0.25, -0.2) is 0 Å². The van der Waals surface area contributed by atoms with E-state index in [1.165, 1.54) is 12.1 Å². The van der Waals surface area contributed by atoms with Gasteiger partial charge in [-0.2, -0.15) is 5.26 Å². The van der Waals surface area contributed by atoms with Gasteiger partial charge in [0.15, 0.2) is 0 Å². The third kappa shape index (κ3) is 4.36. The number of terminal acetylenes is 1. The Hall–Kier alpha value is -2.18. The van der Waals surface area contributed by atoms with Crippen molar-refractivity contribution in [3.63, 3.8) is 0 Å². The molecule has 0 aliphatic heterocycles. The SMILES string of the molecule is C#CCNC(C#N)c1cccc(OC(F)(F)F)c1. The van der Waals surface area contributed by atoms with Gasteiger partial charge in [-0.15, -0.1) is 19.6 Å². The molecule has 94 valence electrons. The number of alkyl halides is 3. The quantitative estimate of drug-likeness (QED) is 0.839. The zero-order chi connectivity index (χ0) is 13.6. The van der Waals surface area contributed by atoms with Gasteiger partial charge in [-0.3, -0.25) is 5.32 Å². The van der Waals surface area contributed by atoms with E-state index < -0.39 is 12.4 Å². The number of nitrogens with zero attached hydrogens (tertiary/aromatic N) is 1. The lowest BCUT2D eigenvalue weighted by Crippen LogP contribution is -2.21. The molecule has 1 aromatic rings. The van der Waals surface area contributed by atoms with Crippen molar-refractivity contribution in [2.75, 3.05) is 6.54 Å². The fourth-order valence-electron chi connectivity index (χ4n) is 1.29. The van der Waals surface area contributed by atoms with Crippen LogP contribution in [0.3, 0.4) is 0 Å². The summed E-state index contributed by atoms with van der Waals surface area (Å²) < 4.78 is 39.9. The highest BCUT2D eigenvalue weighted by Crippen LogP contribution is 2.25. The molecule has 1 aromatic carbocycles. The third-order valence-corrected chi connectivity index (χ3v) is 1.96. The number of hydrogen-bond acceptors (Lipinski definition) is 3. The lowest BCUT2D eigenvalue weighted by molar-refractivity contribution is -0.274. The van der Waals surface area contributed by atoms with Crippen LogP contribution in [0.2, 0.25) is 0 Å². The smallest absolute Gasteiger partial charge is 0.406 e. The first-order chi connectivity index (χ1) is 8.46. The first kappa shape index (κ1) is 13.9. The van der Waals surface area contributed by atoms with Crippen LogP contribution in [0.15, 0.2) is 24.3 Å². The van der Waals surface area contributed by atoms with Gasteiger partial charge >= 0.3 is 6.36 Å². The molecule has 0 aliphatic rings. The van der Waals surface area contributed by atoms with Crippen molar-refractivity contribution in [3.05, 3.63) is 29.8 Å². The average Bonchev–Trinajstić information content (AvgIpc) is 2.28. The van der Waals surface area contributed by atoms with Crippen LogP contribution in [-0.4, -0.2) is 12.9 Å². The van der Waals surface area contributed by atoms with Crippen LogP contribution in [-0.2, 0) is 0 Å². The van der Waals surface area contributed by atoms with Gasteiger partial charge in [0.05, 0.1) is 12.6 Å². The maximum Gasteiger partial charge on any atom is 0.573 e. The molecule has 6 heteroatoms. The topological polar surface area (TPSA) is 45.0 Å². The van der Waals surface area contributed by atoms with Crippen molar-refractivity contribution >= 4 is 0 Å². The lowest BCUT2D eigenvalue weighted by atomic mass is 10.1. The molecule has 0 saturated heterocycles. The molecule has 0 fully saturated rings. The van der Waals surface area contributed by atoms with Crippen LogP contribution < -0.4 is 10.1 Å². The second-order valence-corrected chi connectivity index (χ2v) is 3.27. The average molecular weight is 254 g/mol.